The number of halogens is 3. The minimum Gasteiger partial charge on any atom is -0.392 e. The second-order valence-corrected chi connectivity index (χ2v) is 9.82. The van der Waals surface area contributed by atoms with E-state index in [4.69, 9.17) is 4.74 Å². The number of aliphatic hydroxyl groups is 1. The Balaban J connectivity index is 1.37. The lowest BCUT2D eigenvalue weighted by atomic mass is 10.1. The van der Waals surface area contributed by atoms with E-state index in [0.717, 1.165) is 12.1 Å². The maximum absolute atomic E-state index is 13.7. The van der Waals surface area contributed by atoms with Crippen molar-refractivity contribution in [3.05, 3.63) is 89.6 Å². The van der Waals surface area contributed by atoms with E-state index < -0.39 is 29.5 Å². The highest BCUT2D eigenvalue weighted by atomic mass is 19.4. The Morgan fingerprint density at radius 1 is 1.05 bits per heavy atom. The third kappa shape index (κ3) is 7.16. The van der Waals surface area contributed by atoms with Gasteiger partial charge < -0.3 is 25.4 Å². The zero-order valence-electron chi connectivity index (χ0n) is 23.0. The van der Waals surface area contributed by atoms with Crippen LogP contribution in [-0.2, 0) is 10.9 Å². The van der Waals surface area contributed by atoms with Gasteiger partial charge in [-0.3, -0.25) is 14.2 Å². The number of aromatic nitrogens is 4. The fourth-order valence-corrected chi connectivity index (χ4v) is 4.44. The molecule has 224 valence electrons. The number of ether oxygens (including phenoxy) is 1. The number of carbonyl (C=O) groups is 2. The monoisotopic (exact) mass is 595 g/mol. The van der Waals surface area contributed by atoms with Crippen molar-refractivity contribution in [2.24, 2.45) is 0 Å². The fourth-order valence-electron chi connectivity index (χ4n) is 4.44. The van der Waals surface area contributed by atoms with E-state index in [1.165, 1.54) is 41.2 Å². The van der Waals surface area contributed by atoms with Crippen molar-refractivity contribution in [2.75, 3.05) is 48.4 Å². The number of alkyl halides is 3. The molecule has 1 saturated heterocycles. The van der Waals surface area contributed by atoms with Crippen LogP contribution < -0.4 is 15.5 Å². The standard InChI is InChI=1S/C29H28F3N7O4/c1-18(40)17-35-28-34-6-5-24(37-28)39-8-7-33-26(39)25(41)19-3-2-4-22(14-19)36-27(42)20-13-21(29(30,31)32)16-23(15-20)38-9-11-43-12-10-38/h2-8,13-16,18,40H,9-12,17H2,1H3,(H,36,42)(H,34,35,37)/t18-/m0/s1. The number of hydrogen-bond donors (Lipinski definition) is 3. The van der Waals surface area contributed by atoms with Crippen LogP contribution in [0.2, 0.25) is 0 Å². The minimum atomic E-state index is -4.65. The molecule has 0 aliphatic carbocycles. The number of anilines is 3. The van der Waals surface area contributed by atoms with Crippen molar-refractivity contribution < 1.29 is 32.6 Å². The molecule has 0 radical (unpaired) electrons. The van der Waals surface area contributed by atoms with Gasteiger partial charge in [0, 0.05) is 60.7 Å². The highest BCUT2D eigenvalue weighted by molar-refractivity contribution is 6.09. The molecule has 1 aliphatic heterocycles. The first kappa shape index (κ1) is 29.7. The van der Waals surface area contributed by atoms with Gasteiger partial charge in [0.05, 0.1) is 24.9 Å². The Morgan fingerprint density at radius 2 is 1.84 bits per heavy atom. The number of nitrogens with zero attached hydrogens (tertiary/aromatic N) is 5. The van der Waals surface area contributed by atoms with E-state index in [1.807, 2.05) is 0 Å². The van der Waals surface area contributed by atoms with Gasteiger partial charge >= 0.3 is 6.18 Å². The van der Waals surface area contributed by atoms with Crippen LogP contribution in [0.1, 0.15) is 39.0 Å². The highest BCUT2D eigenvalue weighted by Crippen LogP contribution is 2.33. The van der Waals surface area contributed by atoms with Gasteiger partial charge in [0.1, 0.15) is 5.82 Å². The number of amides is 1. The van der Waals surface area contributed by atoms with Gasteiger partial charge in [0.15, 0.2) is 5.82 Å². The number of morpholine rings is 1. The van der Waals surface area contributed by atoms with E-state index in [2.05, 4.69) is 25.6 Å². The van der Waals surface area contributed by atoms with E-state index in [1.54, 1.807) is 30.2 Å². The molecule has 0 saturated carbocycles. The second kappa shape index (κ2) is 12.6. The lowest BCUT2D eigenvalue weighted by Crippen LogP contribution is -2.36. The molecule has 1 atom stereocenters. The SMILES string of the molecule is C[C@H](O)CNc1nccc(-n2ccnc2C(=O)c2cccc(NC(=O)c3cc(N4CCOCC4)cc(C(F)(F)F)c3)c2)n1. The van der Waals surface area contributed by atoms with Gasteiger partial charge in [-0.25, -0.2) is 9.97 Å². The summed E-state index contributed by atoms with van der Waals surface area (Å²) in [6, 6.07) is 10.9. The van der Waals surface area contributed by atoms with Crippen LogP contribution in [0.3, 0.4) is 0 Å². The zero-order chi connectivity index (χ0) is 30.6. The molecule has 14 heteroatoms. The molecule has 3 heterocycles. The lowest BCUT2D eigenvalue weighted by molar-refractivity contribution is -0.137. The molecule has 2 aromatic heterocycles. The number of carbonyl (C=O) groups excluding carboxylic acids is 2. The number of rotatable bonds is 9. The van der Waals surface area contributed by atoms with Gasteiger partial charge in [-0.2, -0.15) is 18.2 Å². The number of benzene rings is 2. The summed E-state index contributed by atoms with van der Waals surface area (Å²) in [5, 5.41) is 15.0. The summed E-state index contributed by atoms with van der Waals surface area (Å²) in [6.45, 7) is 3.38. The molecule has 0 spiro atoms. The Hall–Kier alpha value is -4.82. The van der Waals surface area contributed by atoms with Gasteiger partial charge in [0.25, 0.3) is 5.91 Å². The van der Waals surface area contributed by atoms with Crippen LogP contribution in [0, 0.1) is 0 Å². The van der Waals surface area contributed by atoms with Crippen LogP contribution in [0.25, 0.3) is 5.82 Å². The molecule has 0 bridgehead atoms. The quantitative estimate of drug-likeness (QED) is 0.247. The van der Waals surface area contributed by atoms with Gasteiger partial charge in [0.2, 0.25) is 11.7 Å². The summed E-state index contributed by atoms with van der Waals surface area (Å²) >= 11 is 0. The van der Waals surface area contributed by atoms with Crippen LogP contribution in [0.4, 0.5) is 30.5 Å². The Labute approximate surface area is 244 Å². The largest absolute Gasteiger partial charge is 0.416 e. The summed E-state index contributed by atoms with van der Waals surface area (Å²) in [7, 11) is 0. The Morgan fingerprint density at radius 3 is 2.58 bits per heavy atom. The zero-order valence-corrected chi connectivity index (χ0v) is 23.0. The van der Waals surface area contributed by atoms with E-state index >= 15 is 0 Å². The molecular formula is C29H28F3N7O4. The predicted molar refractivity (Wildman–Crippen MR) is 152 cm³/mol. The van der Waals surface area contributed by atoms with Crippen molar-refractivity contribution in [1.29, 1.82) is 0 Å². The summed E-state index contributed by atoms with van der Waals surface area (Å²) in [5.41, 5.74) is -0.442. The third-order valence-electron chi connectivity index (χ3n) is 6.55. The molecular weight excluding hydrogens is 567 g/mol. The second-order valence-electron chi connectivity index (χ2n) is 9.82. The smallest absolute Gasteiger partial charge is 0.392 e. The number of aliphatic hydroxyl groups excluding tert-OH is 1. The molecule has 5 rings (SSSR count). The topological polar surface area (TPSA) is 134 Å². The molecule has 43 heavy (non-hydrogen) atoms. The summed E-state index contributed by atoms with van der Waals surface area (Å²) in [5.74, 6) is -0.593. The molecule has 2 aromatic carbocycles. The maximum atomic E-state index is 13.7. The molecule has 4 aromatic rings. The summed E-state index contributed by atoms with van der Waals surface area (Å²) in [4.78, 5) is 41.0. The normalized spacial score (nSPS) is 14.3. The number of hydrogen-bond acceptors (Lipinski definition) is 9. The molecule has 1 fully saturated rings. The Kier molecular flexibility index (Phi) is 8.68. The predicted octanol–water partition coefficient (Wildman–Crippen LogP) is 3.79. The minimum absolute atomic E-state index is 0.0386. The van der Waals surface area contributed by atoms with Crippen molar-refractivity contribution >= 4 is 29.0 Å². The van der Waals surface area contributed by atoms with Crippen molar-refractivity contribution in [1.82, 2.24) is 19.5 Å². The van der Waals surface area contributed by atoms with Crippen molar-refractivity contribution in [2.45, 2.75) is 19.2 Å². The van der Waals surface area contributed by atoms with Crippen LogP contribution >= 0.6 is 0 Å². The first-order chi connectivity index (χ1) is 20.6. The lowest BCUT2D eigenvalue weighted by Gasteiger charge is -2.29. The van der Waals surface area contributed by atoms with E-state index in [0.29, 0.717) is 32.1 Å². The van der Waals surface area contributed by atoms with Crippen molar-refractivity contribution in [3.8, 4) is 5.82 Å². The number of imidazole rings is 1. The average Bonchev–Trinajstić information content (AvgIpc) is 3.50. The van der Waals surface area contributed by atoms with Crippen molar-refractivity contribution in [3.63, 3.8) is 0 Å². The molecule has 11 nitrogen and oxygen atoms in total. The van der Waals surface area contributed by atoms with Gasteiger partial charge in [-0.1, -0.05) is 12.1 Å². The van der Waals surface area contributed by atoms with Crippen LogP contribution in [0.15, 0.2) is 67.1 Å². The van der Waals surface area contributed by atoms with Crippen LogP contribution in [0.5, 0.6) is 0 Å². The third-order valence-corrected chi connectivity index (χ3v) is 6.55. The molecule has 0 unspecified atom stereocenters. The maximum Gasteiger partial charge on any atom is 0.416 e. The first-order valence-corrected chi connectivity index (χ1v) is 13.4. The fraction of sp³-hybridized carbons (Fsp3) is 0.276. The molecule has 1 aliphatic rings. The van der Waals surface area contributed by atoms with E-state index in [-0.39, 0.29) is 40.8 Å². The molecule has 3 N–H and O–H groups in total. The van der Waals surface area contributed by atoms with Crippen LogP contribution in [-0.4, -0.2) is 75.3 Å². The average molecular weight is 596 g/mol. The molecule has 1 amide bonds. The first-order valence-electron chi connectivity index (χ1n) is 13.4. The summed E-state index contributed by atoms with van der Waals surface area (Å²) in [6.07, 6.45) is -0.785. The summed E-state index contributed by atoms with van der Waals surface area (Å²) < 4.78 is 47.8. The van der Waals surface area contributed by atoms with E-state index in [9.17, 15) is 27.9 Å². The van der Waals surface area contributed by atoms with Gasteiger partial charge in [-0.05, 0) is 43.3 Å². The number of nitrogens with one attached hydrogen (secondary N) is 2. The van der Waals surface area contributed by atoms with Gasteiger partial charge in [-0.15, -0.1) is 0 Å². The number of ketones is 1. The Bertz CT molecular complexity index is 1620. The highest BCUT2D eigenvalue weighted by Gasteiger charge is 2.32.